The third-order valence-electron chi connectivity index (χ3n) is 11.2. The van der Waals surface area contributed by atoms with Crippen molar-refractivity contribution < 1.29 is 23.8 Å². The van der Waals surface area contributed by atoms with E-state index in [2.05, 4.69) is 57.2 Å². The van der Waals surface area contributed by atoms with E-state index in [0.29, 0.717) is 19.4 Å². The summed E-state index contributed by atoms with van der Waals surface area (Å²) in [6.07, 6.45) is 58.6. The number of allylic oxidation sites excluding steroid dienone is 6. The summed E-state index contributed by atoms with van der Waals surface area (Å²) in [4.78, 5) is 25.3. The van der Waals surface area contributed by atoms with Gasteiger partial charge in [0.1, 0.15) is 6.61 Å². The minimum atomic E-state index is -0.536. The van der Waals surface area contributed by atoms with Crippen LogP contribution in [0.25, 0.3) is 0 Å². The molecular weight excluding hydrogens is 717 g/mol. The van der Waals surface area contributed by atoms with Crippen LogP contribution in [0.5, 0.6) is 0 Å². The van der Waals surface area contributed by atoms with Crippen LogP contribution in [-0.2, 0) is 23.8 Å². The van der Waals surface area contributed by atoms with E-state index in [1.165, 1.54) is 167 Å². The summed E-state index contributed by atoms with van der Waals surface area (Å²) in [5.41, 5.74) is 0. The average Bonchev–Trinajstić information content (AvgIpc) is 3.22. The van der Waals surface area contributed by atoms with Crippen molar-refractivity contribution in [2.75, 3.05) is 19.8 Å². The monoisotopic (exact) mass is 815 g/mol. The van der Waals surface area contributed by atoms with Crippen molar-refractivity contribution in [3.63, 3.8) is 0 Å². The predicted molar refractivity (Wildman–Crippen MR) is 252 cm³/mol. The molecule has 0 fully saturated rings. The van der Waals surface area contributed by atoms with Gasteiger partial charge in [-0.2, -0.15) is 0 Å². The Hall–Kier alpha value is -1.88. The van der Waals surface area contributed by atoms with E-state index in [1.807, 2.05) is 0 Å². The molecule has 0 aliphatic rings. The highest BCUT2D eigenvalue weighted by atomic mass is 16.6. The van der Waals surface area contributed by atoms with Crippen molar-refractivity contribution in [1.82, 2.24) is 0 Å². The largest absolute Gasteiger partial charge is 0.462 e. The maximum absolute atomic E-state index is 12.8. The normalized spacial score (nSPS) is 12.4. The number of hydrogen-bond acceptors (Lipinski definition) is 5. The zero-order valence-electron chi connectivity index (χ0n) is 39.1. The molecule has 0 N–H and O–H groups in total. The van der Waals surface area contributed by atoms with Crippen LogP contribution in [-0.4, -0.2) is 37.9 Å². The molecule has 0 bridgehead atoms. The molecule has 340 valence electrons. The van der Waals surface area contributed by atoms with Crippen LogP contribution in [0.15, 0.2) is 36.5 Å². The van der Waals surface area contributed by atoms with Crippen molar-refractivity contribution in [3.05, 3.63) is 36.5 Å². The van der Waals surface area contributed by atoms with Crippen molar-refractivity contribution >= 4 is 11.9 Å². The van der Waals surface area contributed by atoms with Crippen LogP contribution in [0.3, 0.4) is 0 Å². The van der Waals surface area contributed by atoms with Gasteiger partial charge in [-0.1, -0.05) is 237 Å². The number of ether oxygens (including phenoxy) is 3. The van der Waals surface area contributed by atoms with Crippen LogP contribution in [0.2, 0.25) is 0 Å². The molecule has 0 amide bonds. The van der Waals surface area contributed by atoms with Gasteiger partial charge >= 0.3 is 11.9 Å². The van der Waals surface area contributed by atoms with Crippen molar-refractivity contribution in [2.24, 2.45) is 0 Å². The molecule has 58 heavy (non-hydrogen) atoms. The van der Waals surface area contributed by atoms with E-state index >= 15 is 0 Å². The highest BCUT2D eigenvalue weighted by Gasteiger charge is 2.17. The number of carbonyl (C=O) groups is 2. The van der Waals surface area contributed by atoms with Crippen LogP contribution in [0.1, 0.15) is 265 Å². The molecule has 0 saturated carbocycles. The first-order valence-corrected chi connectivity index (χ1v) is 25.5. The maximum Gasteiger partial charge on any atom is 0.306 e. The van der Waals surface area contributed by atoms with E-state index in [0.717, 1.165) is 64.2 Å². The lowest BCUT2D eigenvalue weighted by molar-refractivity contribution is -0.163. The molecule has 5 nitrogen and oxygen atoms in total. The van der Waals surface area contributed by atoms with E-state index in [-0.39, 0.29) is 25.2 Å². The Kier molecular flexibility index (Phi) is 47.9. The lowest BCUT2D eigenvalue weighted by atomic mass is 10.0. The third-order valence-corrected chi connectivity index (χ3v) is 11.2. The van der Waals surface area contributed by atoms with Gasteiger partial charge in [0.2, 0.25) is 0 Å². The zero-order valence-corrected chi connectivity index (χ0v) is 39.1. The minimum absolute atomic E-state index is 0.0821. The molecule has 0 spiro atoms. The molecule has 0 aromatic heterocycles. The van der Waals surface area contributed by atoms with Gasteiger partial charge in [0.05, 0.1) is 6.61 Å². The SMILES string of the molecule is CC/C=C\C/C=C\C/C=C\CCCCCCCC(=O)OCC(COCCCCCCCCCCCCCCCCCC)OC(=O)CCCCCCCCCCCCC. The lowest BCUT2D eigenvalue weighted by Crippen LogP contribution is -2.30. The Morgan fingerprint density at radius 2 is 0.776 bits per heavy atom. The minimum Gasteiger partial charge on any atom is -0.462 e. The van der Waals surface area contributed by atoms with Crippen molar-refractivity contribution in [1.29, 1.82) is 0 Å². The van der Waals surface area contributed by atoms with Crippen molar-refractivity contribution in [2.45, 2.75) is 271 Å². The highest BCUT2D eigenvalue weighted by Crippen LogP contribution is 2.16. The number of rotatable bonds is 47. The van der Waals surface area contributed by atoms with Crippen LogP contribution in [0.4, 0.5) is 0 Å². The van der Waals surface area contributed by atoms with E-state index in [9.17, 15) is 9.59 Å². The molecule has 0 aromatic carbocycles. The van der Waals surface area contributed by atoms with Gasteiger partial charge in [0.25, 0.3) is 0 Å². The first-order valence-electron chi connectivity index (χ1n) is 25.5. The average molecular weight is 815 g/mol. The topological polar surface area (TPSA) is 61.8 Å². The maximum atomic E-state index is 12.8. The quantitative estimate of drug-likeness (QED) is 0.0348. The summed E-state index contributed by atoms with van der Waals surface area (Å²) in [5.74, 6) is -0.403. The van der Waals surface area contributed by atoms with Gasteiger partial charge < -0.3 is 14.2 Å². The van der Waals surface area contributed by atoms with Crippen LogP contribution < -0.4 is 0 Å². The zero-order chi connectivity index (χ0) is 42.1. The fraction of sp³-hybridized carbons (Fsp3) is 0.849. The first kappa shape index (κ1) is 56.1. The Balaban J connectivity index is 4.22. The second-order valence-corrected chi connectivity index (χ2v) is 17.1. The lowest BCUT2D eigenvalue weighted by Gasteiger charge is -2.18. The molecule has 0 radical (unpaired) electrons. The Labute approximate surface area is 361 Å². The Bertz CT molecular complexity index is 924. The summed E-state index contributed by atoms with van der Waals surface area (Å²) in [6.45, 7) is 7.74. The molecule has 0 saturated heterocycles. The molecule has 0 heterocycles. The summed E-state index contributed by atoms with van der Waals surface area (Å²) >= 11 is 0. The molecule has 1 atom stereocenters. The second kappa shape index (κ2) is 49.5. The van der Waals surface area contributed by atoms with E-state index in [1.54, 1.807) is 0 Å². The number of unbranched alkanes of at least 4 members (excludes halogenated alkanes) is 30. The third kappa shape index (κ3) is 46.8. The van der Waals surface area contributed by atoms with Gasteiger partial charge in [-0.15, -0.1) is 0 Å². The molecule has 0 rings (SSSR count). The number of hydrogen-bond donors (Lipinski definition) is 0. The molecule has 0 aliphatic carbocycles. The Morgan fingerprint density at radius 3 is 1.24 bits per heavy atom. The second-order valence-electron chi connectivity index (χ2n) is 17.1. The van der Waals surface area contributed by atoms with Gasteiger partial charge in [0, 0.05) is 19.4 Å². The van der Waals surface area contributed by atoms with Gasteiger partial charge in [-0.05, 0) is 51.4 Å². The fourth-order valence-corrected chi connectivity index (χ4v) is 7.41. The first-order chi connectivity index (χ1) is 28.6. The van der Waals surface area contributed by atoms with Crippen LogP contribution >= 0.6 is 0 Å². The van der Waals surface area contributed by atoms with E-state index < -0.39 is 6.10 Å². The summed E-state index contributed by atoms with van der Waals surface area (Å²) in [7, 11) is 0. The molecular formula is C53H98O5. The van der Waals surface area contributed by atoms with Gasteiger partial charge in [-0.25, -0.2) is 0 Å². The predicted octanol–water partition coefficient (Wildman–Crippen LogP) is 17.0. The Morgan fingerprint density at radius 1 is 0.397 bits per heavy atom. The molecule has 5 heteroatoms. The molecule has 1 unspecified atom stereocenters. The fourth-order valence-electron chi connectivity index (χ4n) is 7.41. The van der Waals surface area contributed by atoms with Gasteiger partial charge in [-0.3, -0.25) is 9.59 Å². The smallest absolute Gasteiger partial charge is 0.306 e. The standard InChI is InChI=1S/C53H98O5/c1-4-7-10-13-16-19-22-24-26-28-30-33-36-39-42-45-48-56-49-51(58-53(55)47-44-41-38-35-31-21-18-15-12-9-6-3)50-57-52(54)46-43-40-37-34-32-29-27-25-23-20-17-14-11-8-5-2/h8,11,17,20,25,27,51H,4-7,9-10,12-16,18-19,21-24,26,28-50H2,1-3H3/b11-8-,20-17-,27-25-. The number of carbonyl (C=O) groups excluding carboxylic acids is 2. The van der Waals surface area contributed by atoms with E-state index in [4.69, 9.17) is 14.2 Å². The van der Waals surface area contributed by atoms with Crippen molar-refractivity contribution in [3.8, 4) is 0 Å². The molecule has 0 aromatic rings. The number of esters is 2. The summed E-state index contributed by atoms with van der Waals surface area (Å²) in [6, 6.07) is 0. The molecule has 0 aliphatic heterocycles. The summed E-state index contributed by atoms with van der Waals surface area (Å²) in [5, 5.41) is 0. The highest BCUT2D eigenvalue weighted by molar-refractivity contribution is 5.70. The van der Waals surface area contributed by atoms with Gasteiger partial charge in [0.15, 0.2) is 6.10 Å². The summed E-state index contributed by atoms with van der Waals surface area (Å²) < 4.78 is 17.4. The van der Waals surface area contributed by atoms with Crippen LogP contribution in [0, 0.1) is 0 Å².